The molecule has 5 aromatic rings. The molecule has 0 aliphatic carbocycles. The number of benzene rings is 1. The van der Waals surface area contributed by atoms with Crippen LogP contribution < -0.4 is 10.9 Å². The molecule has 0 spiro atoms. The van der Waals surface area contributed by atoms with Crippen LogP contribution in [0.2, 0.25) is 0 Å². The lowest BCUT2D eigenvalue weighted by atomic mass is 9.97. The number of hydrogen-bond donors (Lipinski definition) is 2. The first-order valence-electron chi connectivity index (χ1n) is 10.5. The van der Waals surface area contributed by atoms with Gasteiger partial charge in [0.25, 0.3) is 5.56 Å². The van der Waals surface area contributed by atoms with E-state index in [2.05, 4.69) is 43.3 Å². The molecule has 4 aromatic heterocycles. The van der Waals surface area contributed by atoms with Gasteiger partial charge in [-0.05, 0) is 24.6 Å². The summed E-state index contributed by atoms with van der Waals surface area (Å²) in [6.45, 7) is 4.75. The molecule has 0 fully saturated rings. The smallest absolute Gasteiger partial charge is 0.272 e. The van der Waals surface area contributed by atoms with Crippen LogP contribution in [-0.4, -0.2) is 36.3 Å². The second-order valence-corrected chi connectivity index (χ2v) is 8.02. The summed E-state index contributed by atoms with van der Waals surface area (Å²) < 4.78 is 1.71. The first-order chi connectivity index (χ1) is 15.5. The molecule has 0 saturated carbocycles. The van der Waals surface area contributed by atoms with Gasteiger partial charge in [-0.1, -0.05) is 25.1 Å². The molecule has 8 heteroatoms. The van der Waals surface area contributed by atoms with E-state index in [1.165, 1.54) is 0 Å². The average Bonchev–Trinajstić information content (AvgIpc) is 3.11. The van der Waals surface area contributed by atoms with Crippen LogP contribution >= 0.6 is 0 Å². The fourth-order valence-electron chi connectivity index (χ4n) is 3.99. The Morgan fingerprint density at radius 3 is 2.78 bits per heavy atom. The quantitative estimate of drug-likeness (QED) is 0.444. The Labute approximate surface area is 184 Å². The molecule has 32 heavy (non-hydrogen) atoms. The van der Waals surface area contributed by atoms with Crippen molar-refractivity contribution in [3.63, 3.8) is 0 Å². The number of para-hydroxylation sites is 1. The fourth-order valence-corrected chi connectivity index (χ4v) is 3.99. The van der Waals surface area contributed by atoms with Gasteiger partial charge in [0.2, 0.25) is 0 Å². The fraction of sp³-hybridized carbons (Fsp3) is 0.208. The van der Waals surface area contributed by atoms with Gasteiger partial charge in [0.15, 0.2) is 0 Å². The highest BCUT2D eigenvalue weighted by Gasteiger charge is 2.15. The number of rotatable bonds is 5. The third kappa shape index (κ3) is 3.49. The number of aromatic amines is 1. The van der Waals surface area contributed by atoms with E-state index in [1.54, 1.807) is 17.2 Å². The van der Waals surface area contributed by atoms with E-state index >= 15 is 0 Å². The summed E-state index contributed by atoms with van der Waals surface area (Å²) in [5.74, 6) is 0.892. The second-order valence-electron chi connectivity index (χ2n) is 8.02. The zero-order valence-corrected chi connectivity index (χ0v) is 18.1. The van der Waals surface area contributed by atoms with E-state index in [0.29, 0.717) is 11.9 Å². The van der Waals surface area contributed by atoms with E-state index in [1.807, 2.05) is 50.5 Å². The normalized spacial score (nSPS) is 12.3. The van der Waals surface area contributed by atoms with Crippen LogP contribution in [-0.2, 0) is 7.05 Å². The van der Waals surface area contributed by atoms with Crippen molar-refractivity contribution in [2.45, 2.75) is 19.8 Å². The van der Waals surface area contributed by atoms with Crippen molar-refractivity contribution < 1.29 is 0 Å². The average molecular weight is 425 g/mol. The Morgan fingerprint density at radius 1 is 1.09 bits per heavy atom. The monoisotopic (exact) mass is 425 g/mol. The number of pyridine rings is 2. The van der Waals surface area contributed by atoms with Gasteiger partial charge in [-0.15, -0.1) is 0 Å². The lowest BCUT2D eigenvalue weighted by molar-refractivity contribution is 0.782. The van der Waals surface area contributed by atoms with Crippen molar-refractivity contribution in [2.24, 2.45) is 7.05 Å². The Balaban J connectivity index is 1.42. The van der Waals surface area contributed by atoms with E-state index in [9.17, 15) is 4.79 Å². The molecule has 1 unspecified atom stereocenters. The standard InChI is InChI=1S/C24H23N7O/c1-14(10-26-21-9-19(28-13-29-21)16-8-7-15(2)25-11-16)17-5-4-6-18-22-20(12-27-23(17)18)31(3)30-24(22)32/h4-9,11-14H,10H2,1-3H3,(H,30,32)(H,26,28,29). The topological polar surface area (TPSA) is 101 Å². The summed E-state index contributed by atoms with van der Waals surface area (Å²) in [6.07, 6.45) is 5.13. The lowest BCUT2D eigenvalue weighted by Crippen LogP contribution is -2.12. The minimum Gasteiger partial charge on any atom is -0.369 e. The number of nitrogens with one attached hydrogen (secondary N) is 2. The van der Waals surface area contributed by atoms with Crippen LogP contribution in [0.5, 0.6) is 0 Å². The van der Waals surface area contributed by atoms with Gasteiger partial charge in [0.05, 0.1) is 28.3 Å². The summed E-state index contributed by atoms with van der Waals surface area (Å²) in [5, 5.41) is 7.76. The predicted octanol–water partition coefficient (Wildman–Crippen LogP) is 3.79. The third-order valence-electron chi connectivity index (χ3n) is 5.76. The van der Waals surface area contributed by atoms with E-state index in [4.69, 9.17) is 0 Å². The molecule has 4 heterocycles. The molecule has 160 valence electrons. The van der Waals surface area contributed by atoms with Crippen molar-refractivity contribution in [3.8, 4) is 11.3 Å². The Kier molecular flexibility index (Phi) is 4.89. The highest BCUT2D eigenvalue weighted by atomic mass is 16.1. The van der Waals surface area contributed by atoms with Crippen LogP contribution in [0.3, 0.4) is 0 Å². The SMILES string of the molecule is Cc1ccc(-c2cc(NCC(C)c3cccc4c3ncc3c4c(=O)[nH]n3C)ncn2)cn1. The van der Waals surface area contributed by atoms with Crippen molar-refractivity contribution in [2.75, 3.05) is 11.9 Å². The van der Waals surface area contributed by atoms with Gasteiger partial charge in [-0.25, -0.2) is 9.97 Å². The van der Waals surface area contributed by atoms with Crippen LogP contribution in [0, 0.1) is 6.92 Å². The number of nitrogens with zero attached hydrogens (tertiary/aromatic N) is 5. The number of hydrogen-bond acceptors (Lipinski definition) is 6. The lowest BCUT2D eigenvalue weighted by Gasteiger charge is -2.16. The highest BCUT2D eigenvalue weighted by molar-refractivity contribution is 6.04. The van der Waals surface area contributed by atoms with Gasteiger partial charge in [0, 0.05) is 48.4 Å². The Bertz CT molecular complexity index is 1480. The first-order valence-corrected chi connectivity index (χ1v) is 10.5. The van der Waals surface area contributed by atoms with E-state index < -0.39 is 0 Å². The summed E-state index contributed by atoms with van der Waals surface area (Å²) in [6, 6.07) is 11.9. The van der Waals surface area contributed by atoms with Gasteiger partial charge in [0.1, 0.15) is 12.1 Å². The largest absolute Gasteiger partial charge is 0.369 e. The minimum absolute atomic E-state index is 0.100. The molecular weight excluding hydrogens is 402 g/mol. The Hall–Kier alpha value is -4.07. The maximum absolute atomic E-state index is 12.4. The number of anilines is 1. The molecule has 5 rings (SSSR count). The van der Waals surface area contributed by atoms with Gasteiger partial charge >= 0.3 is 0 Å². The molecule has 0 aliphatic rings. The molecule has 0 saturated heterocycles. The summed E-state index contributed by atoms with van der Waals surface area (Å²) in [5.41, 5.74) is 5.36. The van der Waals surface area contributed by atoms with E-state index in [0.717, 1.165) is 44.8 Å². The van der Waals surface area contributed by atoms with Crippen LogP contribution in [0.1, 0.15) is 24.1 Å². The summed E-state index contributed by atoms with van der Waals surface area (Å²) in [4.78, 5) is 30.2. The van der Waals surface area contributed by atoms with Crippen LogP contribution in [0.15, 0.2) is 59.9 Å². The third-order valence-corrected chi connectivity index (χ3v) is 5.76. The highest BCUT2D eigenvalue weighted by Crippen LogP contribution is 2.28. The summed E-state index contributed by atoms with van der Waals surface area (Å²) >= 11 is 0. The number of aromatic nitrogens is 6. The molecule has 1 aromatic carbocycles. The molecule has 0 radical (unpaired) electrons. The van der Waals surface area contributed by atoms with E-state index in [-0.39, 0.29) is 11.5 Å². The second kappa shape index (κ2) is 7.88. The molecule has 0 aliphatic heterocycles. The summed E-state index contributed by atoms with van der Waals surface area (Å²) in [7, 11) is 1.82. The zero-order valence-electron chi connectivity index (χ0n) is 18.1. The maximum Gasteiger partial charge on any atom is 0.272 e. The molecule has 2 N–H and O–H groups in total. The first kappa shape index (κ1) is 19.9. The number of fused-ring (bicyclic) bond motifs is 3. The molecule has 8 nitrogen and oxygen atoms in total. The van der Waals surface area contributed by atoms with Crippen molar-refractivity contribution >= 4 is 27.6 Å². The molecule has 0 amide bonds. The predicted molar refractivity (Wildman–Crippen MR) is 126 cm³/mol. The number of aryl methyl sites for hydroxylation is 2. The Morgan fingerprint density at radius 2 is 1.97 bits per heavy atom. The minimum atomic E-state index is -0.100. The molecule has 1 atom stereocenters. The van der Waals surface area contributed by atoms with Crippen molar-refractivity contribution in [1.82, 2.24) is 29.7 Å². The zero-order chi connectivity index (χ0) is 22.2. The number of H-pyrrole nitrogens is 1. The molecular formula is C24H23N7O. The maximum atomic E-state index is 12.4. The van der Waals surface area contributed by atoms with Gasteiger partial charge < -0.3 is 5.32 Å². The van der Waals surface area contributed by atoms with Crippen LogP contribution in [0.25, 0.3) is 33.1 Å². The van der Waals surface area contributed by atoms with Gasteiger partial charge in [-0.3, -0.25) is 24.5 Å². The van der Waals surface area contributed by atoms with Crippen molar-refractivity contribution in [3.05, 3.63) is 76.7 Å². The molecule has 0 bridgehead atoms. The van der Waals surface area contributed by atoms with Gasteiger partial charge in [-0.2, -0.15) is 0 Å². The van der Waals surface area contributed by atoms with Crippen LogP contribution in [0.4, 0.5) is 5.82 Å². The van der Waals surface area contributed by atoms with Crippen molar-refractivity contribution in [1.29, 1.82) is 0 Å².